The van der Waals surface area contributed by atoms with Gasteiger partial charge < -0.3 is 5.32 Å². The molecule has 16 heavy (non-hydrogen) atoms. The standard InChI is InChI=1S/C11H12FN3O/c1-8(7-13)14-11(16)15(2)10-5-3-4-9(12)6-10/h3-6,8H,1-2H3,(H,14,16)/t8-/m1/s1. The van der Waals surface area contributed by atoms with Crippen molar-refractivity contribution in [3.05, 3.63) is 30.1 Å². The molecule has 1 aromatic carbocycles. The number of amides is 2. The van der Waals surface area contributed by atoms with Crippen LogP contribution in [0.25, 0.3) is 0 Å². The number of benzene rings is 1. The van der Waals surface area contributed by atoms with Gasteiger partial charge in [0.15, 0.2) is 0 Å². The topological polar surface area (TPSA) is 56.1 Å². The van der Waals surface area contributed by atoms with Crippen LogP contribution in [0, 0.1) is 17.1 Å². The summed E-state index contributed by atoms with van der Waals surface area (Å²) in [7, 11) is 1.51. The molecular formula is C11H12FN3O. The lowest BCUT2D eigenvalue weighted by Crippen LogP contribution is -2.41. The Morgan fingerprint density at radius 1 is 1.62 bits per heavy atom. The third-order valence-corrected chi connectivity index (χ3v) is 2.03. The predicted octanol–water partition coefficient (Wildman–Crippen LogP) is 1.88. The molecule has 0 aliphatic rings. The summed E-state index contributed by atoms with van der Waals surface area (Å²) in [4.78, 5) is 12.8. The maximum atomic E-state index is 12.9. The van der Waals surface area contributed by atoms with Crippen molar-refractivity contribution >= 4 is 11.7 Å². The molecule has 2 amide bonds. The lowest BCUT2D eigenvalue weighted by Gasteiger charge is -2.18. The zero-order valence-corrected chi connectivity index (χ0v) is 9.07. The lowest BCUT2D eigenvalue weighted by molar-refractivity contribution is 0.246. The minimum Gasteiger partial charge on any atom is -0.322 e. The third kappa shape index (κ3) is 2.95. The van der Waals surface area contributed by atoms with Gasteiger partial charge in [0, 0.05) is 12.7 Å². The average Bonchev–Trinajstić information content (AvgIpc) is 2.27. The smallest absolute Gasteiger partial charge is 0.322 e. The van der Waals surface area contributed by atoms with Crippen molar-refractivity contribution in [1.82, 2.24) is 5.32 Å². The van der Waals surface area contributed by atoms with E-state index in [1.54, 1.807) is 13.0 Å². The summed E-state index contributed by atoms with van der Waals surface area (Å²) in [6.07, 6.45) is 0. The minimum atomic E-state index is -0.580. The minimum absolute atomic E-state index is 0.412. The number of urea groups is 1. The van der Waals surface area contributed by atoms with Crippen LogP contribution in [-0.2, 0) is 0 Å². The van der Waals surface area contributed by atoms with Gasteiger partial charge in [0.2, 0.25) is 0 Å². The zero-order valence-electron chi connectivity index (χ0n) is 9.07. The monoisotopic (exact) mass is 221 g/mol. The first kappa shape index (κ1) is 12.0. The van der Waals surface area contributed by atoms with E-state index < -0.39 is 17.9 Å². The summed E-state index contributed by atoms with van der Waals surface area (Å²) in [5.74, 6) is -0.412. The molecule has 0 aliphatic carbocycles. The van der Waals surface area contributed by atoms with Gasteiger partial charge in [0.05, 0.1) is 6.07 Å². The van der Waals surface area contributed by atoms with E-state index in [2.05, 4.69) is 5.32 Å². The van der Waals surface area contributed by atoms with Gasteiger partial charge in [0.1, 0.15) is 11.9 Å². The van der Waals surface area contributed by atoms with Gasteiger partial charge in [-0.1, -0.05) is 6.07 Å². The molecule has 0 saturated carbocycles. The first-order chi connectivity index (χ1) is 7.54. The van der Waals surface area contributed by atoms with Crippen LogP contribution < -0.4 is 10.2 Å². The molecule has 0 heterocycles. The van der Waals surface area contributed by atoms with E-state index in [4.69, 9.17) is 5.26 Å². The molecule has 0 aromatic heterocycles. The Labute approximate surface area is 93.3 Å². The number of anilines is 1. The Kier molecular flexibility index (Phi) is 3.84. The van der Waals surface area contributed by atoms with Crippen LogP contribution in [0.4, 0.5) is 14.9 Å². The van der Waals surface area contributed by atoms with Gasteiger partial charge in [0.25, 0.3) is 0 Å². The second-order valence-corrected chi connectivity index (χ2v) is 3.34. The number of carbonyl (C=O) groups excluding carboxylic acids is 1. The Morgan fingerprint density at radius 2 is 2.31 bits per heavy atom. The van der Waals surface area contributed by atoms with Crippen LogP contribution >= 0.6 is 0 Å². The quantitative estimate of drug-likeness (QED) is 0.829. The Morgan fingerprint density at radius 3 is 2.88 bits per heavy atom. The van der Waals surface area contributed by atoms with Gasteiger partial charge in [-0.3, -0.25) is 4.90 Å². The number of nitriles is 1. The Bertz CT molecular complexity index is 427. The molecule has 0 aliphatic heterocycles. The maximum Gasteiger partial charge on any atom is 0.322 e. The fraction of sp³-hybridized carbons (Fsp3) is 0.273. The molecule has 1 atom stereocenters. The van der Waals surface area contributed by atoms with E-state index in [9.17, 15) is 9.18 Å². The predicted molar refractivity (Wildman–Crippen MR) is 58.4 cm³/mol. The SMILES string of the molecule is C[C@H](C#N)NC(=O)N(C)c1cccc(F)c1. The van der Waals surface area contributed by atoms with Crippen LogP contribution in [0.2, 0.25) is 0 Å². The lowest BCUT2D eigenvalue weighted by atomic mass is 10.3. The summed E-state index contributed by atoms with van der Waals surface area (Å²) in [6, 6.07) is 6.53. The maximum absolute atomic E-state index is 12.9. The van der Waals surface area contributed by atoms with E-state index in [1.165, 1.54) is 30.1 Å². The van der Waals surface area contributed by atoms with Gasteiger partial charge in [-0.25, -0.2) is 9.18 Å². The average molecular weight is 221 g/mol. The highest BCUT2D eigenvalue weighted by Crippen LogP contribution is 2.13. The van der Waals surface area contributed by atoms with Crippen molar-refractivity contribution in [3.63, 3.8) is 0 Å². The van der Waals surface area contributed by atoms with Crippen molar-refractivity contribution in [2.75, 3.05) is 11.9 Å². The summed E-state index contributed by atoms with van der Waals surface area (Å²) < 4.78 is 12.9. The van der Waals surface area contributed by atoms with Crippen molar-refractivity contribution in [1.29, 1.82) is 5.26 Å². The van der Waals surface area contributed by atoms with Gasteiger partial charge >= 0.3 is 6.03 Å². The van der Waals surface area contributed by atoms with Crippen molar-refractivity contribution in [3.8, 4) is 6.07 Å². The van der Waals surface area contributed by atoms with Crippen LogP contribution in [0.1, 0.15) is 6.92 Å². The Hall–Kier alpha value is -2.09. The van der Waals surface area contributed by atoms with E-state index in [-0.39, 0.29) is 0 Å². The molecule has 1 aromatic rings. The van der Waals surface area contributed by atoms with E-state index in [0.29, 0.717) is 5.69 Å². The second kappa shape index (κ2) is 5.12. The van der Waals surface area contributed by atoms with Crippen LogP contribution in [0.3, 0.4) is 0 Å². The Balaban J connectivity index is 2.75. The molecule has 1 N–H and O–H groups in total. The van der Waals surface area contributed by atoms with Gasteiger partial charge in [-0.2, -0.15) is 5.26 Å². The normalized spacial score (nSPS) is 11.4. The fourth-order valence-corrected chi connectivity index (χ4v) is 1.12. The van der Waals surface area contributed by atoms with Gasteiger partial charge in [-0.15, -0.1) is 0 Å². The number of carbonyl (C=O) groups is 1. The molecule has 1 rings (SSSR count). The molecule has 5 heteroatoms. The number of halogens is 1. The summed E-state index contributed by atoms with van der Waals surface area (Å²) in [6.45, 7) is 1.57. The number of nitrogens with zero attached hydrogens (tertiary/aromatic N) is 2. The fourth-order valence-electron chi connectivity index (χ4n) is 1.12. The second-order valence-electron chi connectivity index (χ2n) is 3.34. The van der Waals surface area contributed by atoms with Crippen LogP contribution in [-0.4, -0.2) is 19.1 Å². The molecule has 0 saturated heterocycles. The summed E-state index contributed by atoms with van der Waals surface area (Å²) >= 11 is 0. The largest absolute Gasteiger partial charge is 0.322 e. The van der Waals surface area contributed by atoms with Crippen molar-refractivity contribution in [2.45, 2.75) is 13.0 Å². The third-order valence-electron chi connectivity index (χ3n) is 2.03. The molecule has 0 spiro atoms. The van der Waals surface area contributed by atoms with Crippen molar-refractivity contribution in [2.24, 2.45) is 0 Å². The zero-order chi connectivity index (χ0) is 12.1. The van der Waals surface area contributed by atoms with Crippen LogP contribution in [0.15, 0.2) is 24.3 Å². The van der Waals surface area contributed by atoms with E-state index in [1.807, 2.05) is 6.07 Å². The molecular weight excluding hydrogens is 209 g/mol. The number of rotatable bonds is 2. The molecule has 84 valence electrons. The molecule has 0 unspecified atom stereocenters. The first-order valence-electron chi connectivity index (χ1n) is 4.74. The number of nitrogens with one attached hydrogen (secondary N) is 1. The summed E-state index contributed by atoms with van der Waals surface area (Å²) in [5.41, 5.74) is 0.433. The number of hydrogen-bond acceptors (Lipinski definition) is 2. The van der Waals surface area contributed by atoms with E-state index >= 15 is 0 Å². The molecule has 4 nitrogen and oxygen atoms in total. The highest BCUT2D eigenvalue weighted by atomic mass is 19.1. The number of hydrogen-bond donors (Lipinski definition) is 1. The van der Waals surface area contributed by atoms with E-state index in [0.717, 1.165) is 0 Å². The van der Waals surface area contributed by atoms with Crippen molar-refractivity contribution < 1.29 is 9.18 Å². The highest BCUT2D eigenvalue weighted by molar-refractivity contribution is 5.91. The molecule has 0 radical (unpaired) electrons. The molecule has 0 bridgehead atoms. The highest BCUT2D eigenvalue weighted by Gasteiger charge is 2.13. The van der Waals surface area contributed by atoms with Crippen LogP contribution in [0.5, 0.6) is 0 Å². The molecule has 0 fully saturated rings. The summed E-state index contributed by atoms with van der Waals surface area (Å²) in [5, 5.41) is 11.0. The first-order valence-corrected chi connectivity index (χ1v) is 4.74. The van der Waals surface area contributed by atoms with Gasteiger partial charge in [-0.05, 0) is 25.1 Å².